The molecule has 0 aliphatic rings. The zero-order chi connectivity index (χ0) is 29.5. The molecule has 0 saturated heterocycles. The van der Waals surface area contributed by atoms with Gasteiger partial charge in [-0.15, -0.1) is 0 Å². The van der Waals surface area contributed by atoms with Crippen LogP contribution in [0.2, 0.25) is 0 Å². The highest BCUT2D eigenvalue weighted by Gasteiger charge is 2.17. The second kappa shape index (κ2) is 16.3. The number of carbonyl (C=O) groups excluding carboxylic acids is 2. The summed E-state index contributed by atoms with van der Waals surface area (Å²) in [5.41, 5.74) is 3.18. The van der Waals surface area contributed by atoms with E-state index < -0.39 is 11.7 Å². The Kier molecular flexibility index (Phi) is 12.5. The molecule has 0 heterocycles. The number of nitrogens with one attached hydrogen (secondary N) is 1. The van der Waals surface area contributed by atoms with Gasteiger partial charge in [-0.1, -0.05) is 72.8 Å². The standard InChI is InChI=1S/C33H42N2O6/c1-33(2,3)41-31(37)34-24-27-17-18-29(28-15-8-5-9-16-28)30(23-27)39-22-12-20-35(19-10-11-21-36)32(38)40-25-26-13-6-4-7-14-26/h4-9,13-18,23,36H,10-12,19-22,24-25H2,1-3H3,(H,34,37). The largest absolute Gasteiger partial charge is 0.493 e. The minimum absolute atomic E-state index is 0.0808. The highest BCUT2D eigenvalue weighted by molar-refractivity contribution is 5.71. The number of aliphatic hydroxyl groups excluding tert-OH is 1. The number of aliphatic hydroxyl groups is 1. The summed E-state index contributed by atoms with van der Waals surface area (Å²) in [7, 11) is 0. The third kappa shape index (κ3) is 11.5. The van der Waals surface area contributed by atoms with Crippen molar-refractivity contribution < 1.29 is 28.9 Å². The Labute approximate surface area is 243 Å². The SMILES string of the molecule is CC(C)(C)OC(=O)NCc1ccc(-c2ccccc2)c(OCCCN(CCCCO)C(=O)OCc2ccccc2)c1. The third-order valence-corrected chi connectivity index (χ3v) is 6.10. The van der Waals surface area contributed by atoms with Crippen LogP contribution in [0.5, 0.6) is 5.75 Å². The number of benzene rings is 3. The summed E-state index contributed by atoms with van der Waals surface area (Å²) in [5.74, 6) is 0.693. The third-order valence-electron chi connectivity index (χ3n) is 6.10. The number of rotatable bonds is 14. The van der Waals surface area contributed by atoms with Crippen LogP contribution < -0.4 is 10.1 Å². The van der Waals surface area contributed by atoms with Crippen molar-refractivity contribution in [3.8, 4) is 16.9 Å². The Morgan fingerprint density at radius 1 is 0.854 bits per heavy atom. The second-order valence-corrected chi connectivity index (χ2v) is 10.7. The van der Waals surface area contributed by atoms with E-state index in [1.54, 1.807) is 4.90 Å². The Hall–Kier alpha value is -4.04. The predicted molar refractivity (Wildman–Crippen MR) is 160 cm³/mol. The van der Waals surface area contributed by atoms with Gasteiger partial charge in [-0.3, -0.25) is 0 Å². The average Bonchev–Trinajstić information content (AvgIpc) is 2.96. The quantitative estimate of drug-likeness (QED) is 0.216. The summed E-state index contributed by atoms with van der Waals surface area (Å²) >= 11 is 0. The van der Waals surface area contributed by atoms with Crippen molar-refractivity contribution in [1.29, 1.82) is 0 Å². The number of alkyl carbamates (subject to hydrolysis) is 1. The second-order valence-electron chi connectivity index (χ2n) is 10.7. The summed E-state index contributed by atoms with van der Waals surface area (Å²) in [6.45, 7) is 7.39. The van der Waals surface area contributed by atoms with E-state index in [1.807, 2.05) is 99.6 Å². The van der Waals surface area contributed by atoms with Gasteiger partial charge in [0.05, 0.1) is 6.61 Å². The fourth-order valence-corrected chi connectivity index (χ4v) is 4.10. The van der Waals surface area contributed by atoms with Gasteiger partial charge in [0.25, 0.3) is 0 Å². The zero-order valence-corrected chi connectivity index (χ0v) is 24.3. The van der Waals surface area contributed by atoms with Crippen LogP contribution in [0.25, 0.3) is 11.1 Å². The van der Waals surface area contributed by atoms with Gasteiger partial charge in [-0.05, 0) is 62.8 Å². The number of ether oxygens (including phenoxy) is 3. The first-order chi connectivity index (χ1) is 19.7. The molecule has 0 spiro atoms. The van der Waals surface area contributed by atoms with Gasteiger partial charge in [0.2, 0.25) is 0 Å². The molecule has 0 aromatic heterocycles. The minimum Gasteiger partial charge on any atom is -0.493 e. The van der Waals surface area contributed by atoms with Crippen LogP contribution in [-0.2, 0) is 22.6 Å². The maximum absolute atomic E-state index is 12.8. The van der Waals surface area contributed by atoms with E-state index in [4.69, 9.17) is 14.2 Å². The van der Waals surface area contributed by atoms with Gasteiger partial charge in [-0.25, -0.2) is 9.59 Å². The van der Waals surface area contributed by atoms with Crippen molar-refractivity contribution >= 4 is 12.2 Å². The normalized spacial score (nSPS) is 11.0. The first-order valence-corrected chi connectivity index (χ1v) is 14.1. The molecule has 2 N–H and O–H groups in total. The lowest BCUT2D eigenvalue weighted by atomic mass is 10.0. The first kappa shape index (κ1) is 31.5. The summed E-state index contributed by atoms with van der Waals surface area (Å²) in [6.07, 6.45) is 1.03. The van der Waals surface area contributed by atoms with Crippen molar-refractivity contribution in [3.05, 3.63) is 90.0 Å². The van der Waals surface area contributed by atoms with E-state index in [1.165, 1.54) is 0 Å². The Morgan fingerprint density at radius 2 is 1.54 bits per heavy atom. The van der Waals surface area contributed by atoms with Crippen LogP contribution in [0.4, 0.5) is 9.59 Å². The van der Waals surface area contributed by atoms with E-state index in [-0.39, 0.29) is 19.3 Å². The highest BCUT2D eigenvalue weighted by atomic mass is 16.6. The first-order valence-electron chi connectivity index (χ1n) is 14.1. The fraction of sp³-hybridized carbons (Fsp3) is 0.394. The highest BCUT2D eigenvalue weighted by Crippen LogP contribution is 2.31. The molecule has 0 radical (unpaired) electrons. The molecule has 0 atom stereocenters. The summed E-state index contributed by atoms with van der Waals surface area (Å²) in [5, 5.41) is 12.0. The molecule has 0 aliphatic heterocycles. The monoisotopic (exact) mass is 562 g/mol. The number of unbranched alkanes of at least 4 members (excludes halogenated alkanes) is 1. The van der Waals surface area contributed by atoms with Crippen molar-refractivity contribution in [3.63, 3.8) is 0 Å². The molecule has 0 bridgehead atoms. The lowest BCUT2D eigenvalue weighted by Gasteiger charge is -2.22. The van der Waals surface area contributed by atoms with Crippen LogP contribution in [0.15, 0.2) is 78.9 Å². The minimum atomic E-state index is -0.574. The smallest absolute Gasteiger partial charge is 0.410 e. The molecule has 0 saturated carbocycles. The topological polar surface area (TPSA) is 97.3 Å². The maximum Gasteiger partial charge on any atom is 0.410 e. The molecule has 0 aliphatic carbocycles. The van der Waals surface area contributed by atoms with E-state index in [9.17, 15) is 14.7 Å². The Bertz CT molecular complexity index is 1210. The van der Waals surface area contributed by atoms with Gasteiger partial charge in [0, 0.05) is 31.8 Å². The van der Waals surface area contributed by atoms with Crippen LogP contribution in [0, 0.1) is 0 Å². The lowest BCUT2D eigenvalue weighted by Crippen LogP contribution is -2.34. The number of carbonyl (C=O) groups is 2. The molecule has 3 rings (SSSR count). The molecule has 2 amide bonds. The molecular formula is C33H42N2O6. The van der Waals surface area contributed by atoms with E-state index in [2.05, 4.69) is 5.32 Å². The van der Waals surface area contributed by atoms with Gasteiger partial charge in [0.15, 0.2) is 0 Å². The number of hydrogen-bond donors (Lipinski definition) is 2. The average molecular weight is 563 g/mol. The van der Waals surface area contributed by atoms with Crippen molar-refractivity contribution in [2.24, 2.45) is 0 Å². The predicted octanol–water partition coefficient (Wildman–Crippen LogP) is 6.56. The van der Waals surface area contributed by atoms with Crippen LogP contribution in [0.3, 0.4) is 0 Å². The lowest BCUT2D eigenvalue weighted by molar-refractivity contribution is 0.0523. The van der Waals surface area contributed by atoms with Crippen molar-refractivity contribution in [2.75, 3.05) is 26.3 Å². The number of nitrogens with zero attached hydrogens (tertiary/aromatic N) is 1. The van der Waals surface area contributed by atoms with E-state index in [0.29, 0.717) is 51.3 Å². The molecule has 0 unspecified atom stereocenters. The molecular weight excluding hydrogens is 520 g/mol. The zero-order valence-electron chi connectivity index (χ0n) is 24.3. The van der Waals surface area contributed by atoms with E-state index >= 15 is 0 Å². The number of hydrogen-bond acceptors (Lipinski definition) is 6. The van der Waals surface area contributed by atoms with Crippen molar-refractivity contribution in [2.45, 2.75) is 58.8 Å². The Morgan fingerprint density at radius 3 is 2.22 bits per heavy atom. The Balaban J connectivity index is 1.62. The summed E-state index contributed by atoms with van der Waals surface area (Å²) < 4.78 is 17.1. The summed E-state index contributed by atoms with van der Waals surface area (Å²) in [6, 6.07) is 25.4. The number of amides is 2. The molecule has 8 heteroatoms. The summed E-state index contributed by atoms with van der Waals surface area (Å²) in [4.78, 5) is 26.6. The molecule has 3 aromatic carbocycles. The van der Waals surface area contributed by atoms with Gasteiger partial charge in [0.1, 0.15) is 18.0 Å². The molecule has 41 heavy (non-hydrogen) atoms. The van der Waals surface area contributed by atoms with E-state index in [0.717, 1.165) is 22.3 Å². The van der Waals surface area contributed by atoms with Crippen LogP contribution >= 0.6 is 0 Å². The molecule has 0 fully saturated rings. The van der Waals surface area contributed by atoms with Crippen LogP contribution in [0.1, 0.15) is 51.2 Å². The van der Waals surface area contributed by atoms with Gasteiger partial charge < -0.3 is 29.5 Å². The molecule has 8 nitrogen and oxygen atoms in total. The maximum atomic E-state index is 12.8. The van der Waals surface area contributed by atoms with Gasteiger partial charge >= 0.3 is 12.2 Å². The van der Waals surface area contributed by atoms with Gasteiger partial charge in [-0.2, -0.15) is 0 Å². The van der Waals surface area contributed by atoms with Crippen molar-refractivity contribution in [1.82, 2.24) is 10.2 Å². The molecule has 220 valence electrons. The molecule has 3 aromatic rings. The van der Waals surface area contributed by atoms with Crippen LogP contribution in [-0.4, -0.2) is 54.1 Å². The fourth-order valence-electron chi connectivity index (χ4n) is 4.10.